The Hall–Kier alpha value is -2.31. The van der Waals surface area contributed by atoms with Gasteiger partial charge in [-0.3, -0.25) is 0 Å². The molecule has 0 amide bonds. The number of nitrogens with two attached hydrogens (primary N) is 1. The smallest absolute Gasteiger partial charge is 0.184 e. The van der Waals surface area contributed by atoms with Gasteiger partial charge >= 0.3 is 0 Å². The van der Waals surface area contributed by atoms with Crippen LogP contribution in [0.2, 0.25) is 0 Å². The first-order valence-electron chi connectivity index (χ1n) is 5.88. The van der Waals surface area contributed by atoms with Crippen molar-refractivity contribution < 1.29 is 9.47 Å². The maximum atomic E-state index is 6.04. The van der Waals surface area contributed by atoms with Crippen molar-refractivity contribution in [3.05, 3.63) is 12.1 Å². The number of anilines is 1. The Balaban J connectivity index is 2.59. The molecule has 19 heavy (non-hydrogen) atoms. The number of nitrogen functional groups attached to an aromatic ring is 1. The highest BCUT2D eigenvalue weighted by Crippen LogP contribution is 2.36. The average Bonchev–Trinajstić information content (AvgIpc) is 2.87. The quantitative estimate of drug-likeness (QED) is 0.841. The number of tetrazole rings is 1. The molecule has 2 aromatic rings. The van der Waals surface area contributed by atoms with Gasteiger partial charge < -0.3 is 15.2 Å². The standard InChI is InChI=1S/C12H17N5O2/c1-7(2)17-12(14-15-16-17)8-5-10(18-3)11(19-4)6-9(8)13/h5-7H,13H2,1-4H3. The van der Waals surface area contributed by atoms with Crippen LogP contribution in [0.1, 0.15) is 19.9 Å². The molecule has 0 aliphatic heterocycles. The van der Waals surface area contributed by atoms with E-state index in [9.17, 15) is 0 Å². The van der Waals surface area contributed by atoms with E-state index in [1.54, 1.807) is 31.0 Å². The summed E-state index contributed by atoms with van der Waals surface area (Å²) >= 11 is 0. The highest BCUT2D eigenvalue weighted by atomic mass is 16.5. The summed E-state index contributed by atoms with van der Waals surface area (Å²) in [5, 5.41) is 11.7. The van der Waals surface area contributed by atoms with Crippen LogP contribution in [0.4, 0.5) is 5.69 Å². The first-order valence-corrected chi connectivity index (χ1v) is 5.88. The molecule has 1 aromatic heterocycles. The van der Waals surface area contributed by atoms with Crippen LogP contribution in [-0.2, 0) is 0 Å². The van der Waals surface area contributed by atoms with Crippen molar-refractivity contribution in [2.45, 2.75) is 19.9 Å². The number of hydrogen-bond acceptors (Lipinski definition) is 6. The van der Waals surface area contributed by atoms with Gasteiger partial charge in [0.15, 0.2) is 17.3 Å². The lowest BCUT2D eigenvalue weighted by Gasteiger charge is -2.13. The van der Waals surface area contributed by atoms with Crippen molar-refractivity contribution in [3.8, 4) is 22.9 Å². The molecule has 0 unspecified atom stereocenters. The molecule has 0 bridgehead atoms. The Labute approximate surface area is 111 Å². The van der Waals surface area contributed by atoms with Gasteiger partial charge in [0, 0.05) is 17.3 Å². The maximum Gasteiger partial charge on any atom is 0.184 e. The second kappa shape index (κ2) is 5.13. The van der Waals surface area contributed by atoms with E-state index in [0.717, 1.165) is 5.56 Å². The molecule has 0 atom stereocenters. The summed E-state index contributed by atoms with van der Waals surface area (Å²) in [7, 11) is 3.14. The Morgan fingerprint density at radius 2 is 1.79 bits per heavy atom. The molecule has 7 heteroatoms. The summed E-state index contributed by atoms with van der Waals surface area (Å²) < 4.78 is 12.2. The van der Waals surface area contributed by atoms with Gasteiger partial charge in [0.1, 0.15) is 0 Å². The molecule has 0 saturated carbocycles. The minimum atomic E-state index is 0.137. The van der Waals surface area contributed by atoms with Gasteiger partial charge in [-0.1, -0.05) is 0 Å². The van der Waals surface area contributed by atoms with E-state index < -0.39 is 0 Å². The topological polar surface area (TPSA) is 88.1 Å². The second-order valence-electron chi connectivity index (χ2n) is 4.34. The monoisotopic (exact) mass is 263 g/mol. The molecule has 0 aliphatic rings. The molecule has 0 aliphatic carbocycles. The number of methoxy groups -OCH3 is 2. The summed E-state index contributed by atoms with van der Waals surface area (Å²) in [6.07, 6.45) is 0. The van der Waals surface area contributed by atoms with Gasteiger partial charge in [-0.15, -0.1) is 5.10 Å². The molecule has 1 aromatic carbocycles. The van der Waals surface area contributed by atoms with Crippen molar-refractivity contribution in [2.24, 2.45) is 0 Å². The van der Waals surface area contributed by atoms with E-state index in [1.165, 1.54) is 0 Å². The highest BCUT2D eigenvalue weighted by molar-refractivity contribution is 5.75. The number of hydrogen-bond donors (Lipinski definition) is 1. The van der Waals surface area contributed by atoms with Crippen molar-refractivity contribution in [3.63, 3.8) is 0 Å². The van der Waals surface area contributed by atoms with Gasteiger partial charge in [-0.25, -0.2) is 4.68 Å². The van der Waals surface area contributed by atoms with Gasteiger partial charge in [0.25, 0.3) is 0 Å². The zero-order chi connectivity index (χ0) is 14.0. The summed E-state index contributed by atoms with van der Waals surface area (Å²) in [5.41, 5.74) is 7.29. The second-order valence-corrected chi connectivity index (χ2v) is 4.34. The predicted molar refractivity (Wildman–Crippen MR) is 71.2 cm³/mol. The molecule has 7 nitrogen and oxygen atoms in total. The first kappa shape index (κ1) is 13.1. The Morgan fingerprint density at radius 1 is 1.16 bits per heavy atom. The summed E-state index contributed by atoms with van der Waals surface area (Å²) in [4.78, 5) is 0. The molecule has 0 radical (unpaired) electrons. The van der Waals surface area contributed by atoms with E-state index in [2.05, 4.69) is 15.5 Å². The molecule has 0 spiro atoms. The fourth-order valence-corrected chi connectivity index (χ4v) is 1.81. The normalized spacial score (nSPS) is 10.8. The number of ether oxygens (including phenoxy) is 2. The lowest BCUT2D eigenvalue weighted by molar-refractivity contribution is 0.355. The predicted octanol–water partition coefficient (Wildman–Crippen LogP) is 1.52. The number of rotatable bonds is 4. The zero-order valence-electron chi connectivity index (χ0n) is 11.4. The van der Waals surface area contributed by atoms with E-state index in [4.69, 9.17) is 15.2 Å². The number of aromatic nitrogens is 4. The molecule has 1 heterocycles. The molecule has 2 rings (SSSR count). The fraction of sp³-hybridized carbons (Fsp3) is 0.417. The highest BCUT2D eigenvalue weighted by Gasteiger charge is 2.17. The van der Waals surface area contributed by atoms with Crippen LogP contribution in [0.3, 0.4) is 0 Å². The molecule has 0 saturated heterocycles. The third kappa shape index (κ3) is 2.31. The van der Waals surface area contributed by atoms with Crippen LogP contribution in [0.5, 0.6) is 11.5 Å². The van der Waals surface area contributed by atoms with E-state index >= 15 is 0 Å². The zero-order valence-corrected chi connectivity index (χ0v) is 11.4. The largest absolute Gasteiger partial charge is 0.493 e. The van der Waals surface area contributed by atoms with Crippen LogP contribution < -0.4 is 15.2 Å². The van der Waals surface area contributed by atoms with Crippen LogP contribution in [0.15, 0.2) is 12.1 Å². The van der Waals surface area contributed by atoms with E-state index in [-0.39, 0.29) is 6.04 Å². The Morgan fingerprint density at radius 3 is 2.37 bits per heavy atom. The Kier molecular flexibility index (Phi) is 3.55. The first-order chi connectivity index (χ1) is 9.08. The molecular formula is C12H17N5O2. The van der Waals surface area contributed by atoms with E-state index in [0.29, 0.717) is 23.0 Å². The minimum absolute atomic E-state index is 0.137. The molecular weight excluding hydrogens is 246 g/mol. The maximum absolute atomic E-state index is 6.04. The van der Waals surface area contributed by atoms with Gasteiger partial charge in [0.2, 0.25) is 0 Å². The lowest BCUT2D eigenvalue weighted by atomic mass is 10.1. The van der Waals surface area contributed by atoms with Gasteiger partial charge in [-0.2, -0.15) is 0 Å². The van der Waals surface area contributed by atoms with E-state index in [1.807, 2.05) is 13.8 Å². The SMILES string of the molecule is COc1cc(N)c(-c2nnnn2C(C)C)cc1OC. The van der Waals surface area contributed by atoms with Gasteiger partial charge in [0.05, 0.1) is 20.3 Å². The van der Waals surface area contributed by atoms with Crippen LogP contribution in [0.25, 0.3) is 11.4 Å². The number of benzene rings is 1. The van der Waals surface area contributed by atoms with Crippen molar-refractivity contribution >= 4 is 5.69 Å². The molecule has 0 fully saturated rings. The summed E-state index contributed by atoms with van der Waals surface area (Å²) in [6, 6.07) is 3.61. The van der Waals surface area contributed by atoms with Crippen molar-refractivity contribution in [1.82, 2.24) is 20.2 Å². The lowest BCUT2D eigenvalue weighted by Crippen LogP contribution is -2.07. The average molecular weight is 263 g/mol. The Bertz CT molecular complexity index is 579. The summed E-state index contributed by atoms with van der Waals surface area (Å²) in [5.74, 6) is 1.77. The van der Waals surface area contributed by atoms with Crippen LogP contribution in [-0.4, -0.2) is 34.4 Å². The fourth-order valence-electron chi connectivity index (χ4n) is 1.81. The third-order valence-electron chi connectivity index (χ3n) is 2.78. The van der Waals surface area contributed by atoms with Crippen LogP contribution in [0, 0.1) is 0 Å². The third-order valence-corrected chi connectivity index (χ3v) is 2.78. The van der Waals surface area contributed by atoms with Gasteiger partial charge in [-0.05, 0) is 30.3 Å². The molecule has 102 valence electrons. The van der Waals surface area contributed by atoms with Crippen LogP contribution >= 0.6 is 0 Å². The summed E-state index contributed by atoms with van der Waals surface area (Å²) in [6.45, 7) is 3.99. The molecule has 2 N–H and O–H groups in total. The van der Waals surface area contributed by atoms with Crippen molar-refractivity contribution in [2.75, 3.05) is 20.0 Å². The minimum Gasteiger partial charge on any atom is -0.493 e. The number of nitrogens with zero attached hydrogens (tertiary/aromatic N) is 4. The van der Waals surface area contributed by atoms with Crippen molar-refractivity contribution in [1.29, 1.82) is 0 Å².